The van der Waals surface area contributed by atoms with E-state index >= 15 is 0 Å². The second kappa shape index (κ2) is 10.9. The van der Waals surface area contributed by atoms with Crippen LogP contribution in [0.15, 0.2) is 42.6 Å². The van der Waals surface area contributed by atoms with Crippen LogP contribution in [0.5, 0.6) is 5.75 Å². The minimum absolute atomic E-state index is 0.0193. The highest BCUT2D eigenvalue weighted by molar-refractivity contribution is 6.32. The molecule has 35 heavy (non-hydrogen) atoms. The molecule has 8 nitrogen and oxygen atoms in total. The Morgan fingerprint density at radius 3 is 2.54 bits per heavy atom. The molecule has 0 unspecified atom stereocenters. The number of anilines is 4. The minimum Gasteiger partial charge on any atom is -0.489 e. The fourth-order valence-electron chi connectivity index (χ4n) is 4.22. The fraction of sp³-hybridized carbons (Fsp3) is 0.346. The number of hydrogen-bond acceptors (Lipinski definition) is 7. The number of benzene rings is 2. The molecule has 5 N–H and O–H groups in total. The van der Waals surface area contributed by atoms with Gasteiger partial charge < -0.3 is 26.4 Å². The number of aromatic nitrogens is 2. The quantitative estimate of drug-likeness (QED) is 0.337. The number of ether oxygens (including phenoxy) is 1. The normalized spacial score (nSPS) is 14.1. The van der Waals surface area contributed by atoms with E-state index in [-0.39, 0.29) is 6.10 Å². The summed E-state index contributed by atoms with van der Waals surface area (Å²) in [4.78, 5) is 20.2. The molecular formula is C26H31ClN6O2. The van der Waals surface area contributed by atoms with Gasteiger partial charge in [0.1, 0.15) is 10.8 Å². The molecular weight excluding hydrogens is 464 g/mol. The molecule has 0 bridgehead atoms. The van der Waals surface area contributed by atoms with Crippen LogP contribution in [0.3, 0.4) is 0 Å². The summed E-state index contributed by atoms with van der Waals surface area (Å²) < 4.78 is 6.17. The van der Waals surface area contributed by atoms with Crippen LogP contribution in [0.2, 0.25) is 5.02 Å². The summed E-state index contributed by atoms with van der Waals surface area (Å²) in [6, 6.07) is 11.0. The molecule has 3 aromatic rings. The van der Waals surface area contributed by atoms with Gasteiger partial charge in [0.05, 0.1) is 18.0 Å². The van der Waals surface area contributed by atoms with Crippen molar-refractivity contribution in [3.8, 4) is 5.75 Å². The van der Waals surface area contributed by atoms with Crippen LogP contribution in [-0.2, 0) is 0 Å². The Bertz CT molecular complexity index is 1190. The maximum Gasteiger partial charge on any atom is 0.248 e. The molecule has 9 heteroatoms. The number of piperidine rings is 1. The van der Waals surface area contributed by atoms with Gasteiger partial charge in [0.15, 0.2) is 5.82 Å². The number of carbonyl (C=O) groups is 1. The van der Waals surface area contributed by atoms with Crippen LogP contribution < -0.4 is 26.4 Å². The SMILES string of the molecule is Cc1cc(Nc2ncc(Cl)c(Nc3ccc(C(N)=O)cc3)n2)c(OC(C)C)cc1C1CCNCC1. The van der Waals surface area contributed by atoms with Crippen LogP contribution >= 0.6 is 11.6 Å². The van der Waals surface area contributed by atoms with Crippen LogP contribution in [0.25, 0.3) is 0 Å². The van der Waals surface area contributed by atoms with Gasteiger partial charge in [0.25, 0.3) is 0 Å². The van der Waals surface area contributed by atoms with Crippen molar-refractivity contribution in [1.29, 1.82) is 0 Å². The third-order valence-corrected chi connectivity index (χ3v) is 6.21. The molecule has 1 saturated heterocycles. The number of nitrogens with two attached hydrogens (primary N) is 1. The van der Waals surface area contributed by atoms with E-state index < -0.39 is 5.91 Å². The number of nitrogens with one attached hydrogen (secondary N) is 3. The van der Waals surface area contributed by atoms with Gasteiger partial charge >= 0.3 is 0 Å². The summed E-state index contributed by atoms with van der Waals surface area (Å²) >= 11 is 6.34. The van der Waals surface area contributed by atoms with E-state index in [0.29, 0.717) is 34.0 Å². The minimum atomic E-state index is -0.482. The van der Waals surface area contributed by atoms with Crippen molar-refractivity contribution in [2.75, 3.05) is 23.7 Å². The second-order valence-electron chi connectivity index (χ2n) is 8.98. The molecule has 4 rings (SSSR count). The summed E-state index contributed by atoms with van der Waals surface area (Å²) in [5, 5.41) is 10.3. The summed E-state index contributed by atoms with van der Waals surface area (Å²) in [6.07, 6.45) is 3.79. The lowest BCUT2D eigenvalue weighted by molar-refractivity contribution is 0.100. The Balaban J connectivity index is 1.60. The predicted molar refractivity (Wildman–Crippen MR) is 140 cm³/mol. The smallest absolute Gasteiger partial charge is 0.248 e. The molecule has 1 fully saturated rings. The van der Waals surface area contributed by atoms with Crippen molar-refractivity contribution in [3.63, 3.8) is 0 Å². The molecule has 0 saturated carbocycles. The molecule has 1 aliphatic rings. The van der Waals surface area contributed by atoms with Gasteiger partial charge in [-0.25, -0.2) is 4.98 Å². The molecule has 0 aliphatic carbocycles. The molecule has 1 amide bonds. The van der Waals surface area contributed by atoms with Gasteiger partial charge in [0.2, 0.25) is 11.9 Å². The monoisotopic (exact) mass is 494 g/mol. The molecule has 0 radical (unpaired) electrons. The van der Waals surface area contributed by atoms with Crippen molar-refractivity contribution in [2.45, 2.75) is 45.6 Å². The lowest BCUT2D eigenvalue weighted by Gasteiger charge is -2.26. The number of hydrogen-bond donors (Lipinski definition) is 4. The van der Waals surface area contributed by atoms with Crippen LogP contribution in [0.1, 0.15) is 54.1 Å². The highest BCUT2D eigenvalue weighted by Crippen LogP contribution is 2.37. The molecule has 2 heterocycles. The summed E-state index contributed by atoms with van der Waals surface area (Å²) in [6.45, 7) is 8.22. The zero-order valence-corrected chi connectivity index (χ0v) is 20.9. The van der Waals surface area contributed by atoms with Gasteiger partial charge in [0, 0.05) is 11.3 Å². The summed E-state index contributed by atoms with van der Waals surface area (Å²) in [7, 11) is 0. The Morgan fingerprint density at radius 2 is 1.89 bits per heavy atom. The number of halogens is 1. The van der Waals surface area contributed by atoms with E-state index in [1.165, 1.54) is 17.3 Å². The number of primary amides is 1. The molecule has 1 aromatic heterocycles. The maximum absolute atomic E-state index is 11.3. The van der Waals surface area contributed by atoms with Crippen LogP contribution in [-0.4, -0.2) is 35.1 Å². The first-order chi connectivity index (χ1) is 16.8. The van der Waals surface area contributed by atoms with Gasteiger partial charge in [-0.15, -0.1) is 0 Å². The average Bonchev–Trinajstić information content (AvgIpc) is 2.83. The lowest BCUT2D eigenvalue weighted by atomic mass is 9.87. The molecule has 0 atom stereocenters. The maximum atomic E-state index is 11.3. The Labute approximate surface area is 210 Å². The predicted octanol–water partition coefficient (Wildman–Crippen LogP) is 5.28. The van der Waals surface area contributed by atoms with Gasteiger partial charge in [-0.05, 0) is 100 Å². The van der Waals surface area contributed by atoms with Crippen molar-refractivity contribution in [3.05, 3.63) is 64.3 Å². The summed E-state index contributed by atoms with van der Waals surface area (Å²) in [5.74, 6) is 1.63. The van der Waals surface area contributed by atoms with E-state index in [9.17, 15) is 4.79 Å². The first-order valence-electron chi connectivity index (χ1n) is 11.8. The average molecular weight is 495 g/mol. The highest BCUT2D eigenvalue weighted by atomic mass is 35.5. The first-order valence-corrected chi connectivity index (χ1v) is 12.2. The van der Waals surface area contributed by atoms with Gasteiger partial charge in [-0.3, -0.25) is 4.79 Å². The van der Waals surface area contributed by atoms with Crippen molar-refractivity contribution < 1.29 is 9.53 Å². The van der Waals surface area contributed by atoms with E-state index in [2.05, 4.69) is 45.0 Å². The molecule has 2 aromatic carbocycles. The number of amides is 1. The molecule has 1 aliphatic heterocycles. The second-order valence-corrected chi connectivity index (χ2v) is 9.38. The Hall–Kier alpha value is -3.36. The lowest BCUT2D eigenvalue weighted by Crippen LogP contribution is -2.27. The zero-order chi connectivity index (χ0) is 24.9. The third kappa shape index (κ3) is 6.21. The number of aryl methyl sites for hydroxylation is 1. The zero-order valence-electron chi connectivity index (χ0n) is 20.2. The molecule has 184 valence electrons. The summed E-state index contributed by atoms with van der Waals surface area (Å²) in [5.41, 5.74) is 9.79. The molecule has 0 spiro atoms. The van der Waals surface area contributed by atoms with Gasteiger partial charge in [-0.1, -0.05) is 11.6 Å². The van der Waals surface area contributed by atoms with E-state index in [0.717, 1.165) is 37.4 Å². The largest absolute Gasteiger partial charge is 0.489 e. The van der Waals surface area contributed by atoms with Crippen LogP contribution in [0.4, 0.5) is 23.1 Å². The number of carbonyl (C=O) groups excluding carboxylic acids is 1. The first kappa shape index (κ1) is 24.8. The Morgan fingerprint density at radius 1 is 1.17 bits per heavy atom. The van der Waals surface area contributed by atoms with Crippen molar-refractivity contribution in [1.82, 2.24) is 15.3 Å². The standard InChI is InChI=1S/C26H31ClN6O2/c1-15(2)35-23-13-20(17-8-10-29-11-9-17)16(3)12-22(23)32-26-30-14-21(27)25(33-26)31-19-6-4-18(5-7-19)24(28)34/h4-7,12-15,17,29H,8-11H2,1-3H3,(H2,28,34)(H2,30,31,32,33). The topological polar surface area (TPSA) is 114 Å². The van der Waals surface area contributed by atoms with Crippen molar-refractivity contribution in [2.24, 2.45) is 5.73 Å². The number of rotatable bonds is 8. The van der Waals surface area contributed by atoms with E-state index in [4.69, 9.17) is 22.1 Å². The highest BCUT2D eigenvalue weighted by Gasteiger charge is 2.20. The van der Waals surface area contributed by atoms with E-state index in [1.807, 2.05) is 13.8 Å². The van der Waals surface area contributed by atoms with E-state index in [1.54, 1.807) is 24.3 Å². The Kier molecular flexibility index (Phi) is 7.73. The third-order valence-electron chi connectivity index (χ3n) is 5.93. The van der Waals surface area contributed by atoms with Gasteiger partial charge in [-0.2, -0.15) is 4.98 Å². The van der Waals surface area contributed by atoms with Crippen molar-refractivity contribution >= 4 is 40.6 Å². The fourth-order valence-corrected chi connectivity index (χ4v) is 4.35. The van der Waals surface area contributed by atoms with Crippen LogP contribution in [0, 0.1) is 6.92 Å². The number of nitrogens with zero attached hydrogens (tertiary/aromatic N) is 2.